The van der Waals surface area contributed by atoms with Gasteiger partial charge in [-0.3, -0.25) is 4.79 Å². The highest BCUT2D eigenvalue weighted by molar-refractivity contribution is 6.08. The zero-order chi connectivity index (χ0) is 28.2. The van der Waals surface area contributed by atoms with Crippen molar-refractivity contribution in [1.29, 1.82) is 0 Å². The van der Waals surface area contributed by atoms with E-state index in [0.29, 0.717) is 18.7 Å². The second-order valence-corrected chi connectivity index (χ2v) is 9.48. The third-order valence-corrected chi connectivity index (χ3v) is 6.94. The van der Waals surface area contributed by atoms with Gasteiger partial charge >= 0.3 is 5.97 Å². The molecule has 1 N–H and O–H groups in total. The van der Waals surface area contributed by atoms with Crippen LogP contribution in [0.25, 0.3) is 21.8 Å². The minimum absolute atomic E-state index is 0.0989. The fraction of sp³-hybridized carbons (Fsp3) is 0.161. The Kier molecular flexibility index (Phi) is 7.46. The molecular formula is C31H28N6O3. The van der Waals surface area contributed by atoms with Crippen molar-refractivity contribution in [2.45, 2.75) is 33.9 Å². The van der Waals surface area contributed by atoms with Gasteiger partial charge in [-0.05, 0) is 32.9 Å². The quantitative estimate of drug-likeness (QED) is 0.283. The lowest BCUT2D eigenvalue weighted by Crippen LogP contribution is -2.05. The monoisotopic (exact) mass is 532 g/mol. The first-order valence-electron chi connectivity index (χ1n) is 12.7. The molecule has 9 heteroatoms. The molecule has 0 radical (unpaired) electrons. The Morgan fingerprint density at radius 1 is 0.675 bits per heavy atom. The van der Waals surface area contributed by atoms with E-state index in [9.17, 15) is 14.7 Å². The van der Waals surface area contributed by atoms with Crippen LogP contribution in [0.15, 0.2) is 86.0 Å². The van der Waals surface area contributed by atoms with Crippen LogP contribution >= 0.6 is 0 Å². The molecule has 40 heavy (non-hydrogen) atoms. The second-order valence-electron chi connectivity index (χ2n) is 9.48. The molecule has 0 amide bonds. The highest BCUT2D eigenvalue weighted by Crippen LogP contribution is 2.28. The summed E-state index contributed by atoms with van der Waals surface area (Å²) in [4.78, 5) is 39.4. The van der Waals surface area contributed by atoms with Crippen molar-refractivity contribution in [2.24, 2.45) is 0 Å². The number of carboxylic acid groups (broad SMARTS) is 1. The number of hydrogen-bond donors (Lipinski definition) is 1. The van der Waals surface area contributed by atoms with E-state index in [2.05, 4.69) is 24.5 Å². The fourth-order valence-electron chi connectivity index (χ4n) is 5.17. The summed E-state index contributed by atoms with van der Waals surface area (Å²) >= 11 is 0. The van der Waals surface area contributed by atoms with E-state index < -0.39 is 5.97 Å². The molecule has 6 aromatic rings. The van der Waals surface area contributed by atoms with Gasteiger partial charge in [0.2, 0.25) is 0 Å². The lowest BCUT2D eigenvalue weighted by molar-refractivity contribution is 0.0697. The van der Waals surface area contributed by atoms with E-state index in [1.165, 1.54) is 12.7 Å². The van der Waals surface area contributed by atoms with Gasteiger partial charge < -0.3 is 14.2 Å². The summed E-state index contributed by atoms with van der Waals surface area (Å²) in [5.41, 5.74) is 6.82. The van der Waals surface area contributed by atoms with E-state index in [1.54, 1.807) is 31.7 Å². The summed E-state index contributed by atoms with van der Waals surface area (Å²) in [5.74, 6) is -0.802. The average Bonchev–Trinajstić information content (AvgIpc) is 3.40. The van der Waals surface area contributed by atoms with Crippen molar-refractivity contribution >= 4 is 33.6 Å². The number of fused-ring (bicyclic) bond motifs is 2. The smallest absolute Gasteiger partial charge is 0.338 e. The lowest BCUT2D eigenvalue weighted by atomic mass is 10.1. The Morgan fingerprint density at radius 2 is 1.07 bits per heavy atom. The van der Waals surface area contributed by atoms with E-state index in [0.717, 1.165) is 49.9 Å². The first kappa shape index (κ1) is 26.4. The highest BCUT2D eigenvalue weighted by atomic mass is 16.4. The molecule has 0 unspecified atom stereocenters. The van der Waals surface area contributed by atoms with Gasteiger partial charge in [0.05, 0.1) is 18.7 Å². The van der Waals surface area contributed by atoms with Crippen LogP contribution in [0, 0.1) is 13.8 Å². The molecule has 0 aliphatic carbocycles. The maximum absolute atomic E-state index is 11.9. The number of carboxylic acids is 1. The van der Waals surface area contributed by atoms with Gasteiger partial charge in [0, 0.05) is 74.7 Å². The molecule has 0 spiro atoms. The predicted molar refractivity (Wildman–Crippen MR) is 153 cm³/mol. The van der Waals surface area contributed by atoms with E-state index in [4.69, 9.17) is 0 Å². The third-order valence-electron chi connectivity index (χ3n) is 6.94. The number of benzene rings is 2. The predicted octanol–water partition coefficient (Wildman–Crippen LogP) is 5.48. The number of carbonyl (C=O) groups is 2. The number of carbonyl (C=O) groups excluding carboxylic acids is 1. The zero-order valence-corrected chi connectivity index (χ0v) is 22.4. The molecule has 4 aromatic heterocycles. The molecular weight excluding hydrogens is 504 g/mol. The highest BCUT2D eigenvalue weighted by Gasteiger charge is 2.19. The van der Waals surface area contributed by atoms with Crippen LogP contribution in [0.2, 0.25) is 0 Å². The average molecular weight is 533 g/mol. The number of aromatic carboxylic acids is 1. The Morgan fingerprint density at radius 3 is 1.50 bits per heavy atom. The van der Waals surface area contributed by atoms with Crippen LogP contribution in [0.1, 0.15) is 50.2 Å². The maximum Gasteiger partial charge on any atom is 0.338 e. The van der Waals surface area contributed by atoms with Crippen LogP contribution in [-0.4, -0.2) is 45.9 Å². The minimum Gasteiger partial charge on any atom is -0.478 e. The fourth-order valence-corrected chi connectivity index (χ4v) is 5.17. The summed E-state index contributed by atoms with van der Waals surface area (Å²) in [5, 5.41) is 11.2. The number of para-hydroxylation sites is 2. The van der Waals surface area contributed by atoms with Crippen LogP contribution in [0.3, 0.4) is 0 Å². The summed E-state index contributed by atoms with van der Waals surface area (Å²) in [6, 6.07) is 15.5. The molecule has 0 saturated carbocycles. The maximum atomic E-state index is 11.9. The second kappa shape index (κ2) is 11.3. The van der Waals surface area contributed by atoms with Crippen molar-refractivity contribution in [1.82, 2.24) is 29.1 Å². The standard InChI is InChI=1S/C16H15N3O.C15H13N3O2/c1-11-16(12(2)20)14-5-3-4-6-15(14)19(11)9-13-7-17-10-18-8-13;1-10-14(15(19)20)12-4-2-3-5-13(12)18(10)8-11-6-16-9-17-7-11/h3-8,10H,9H2,1-2H3;2-7,9H,8H2,1H3,(H,19,20). The Labute approximate surface area is 230 Å². The molecule has 2 aromatic carbocycles. The largest absolute Gasteiger partial charge is 0.478 e. The Hall–Kier alpha value is -5.18. The molecule has 0 saturated heterocycles. The lowest BCUT2D eigenvalue weighted by Gasteiger charge is -2.08. The first-order chi connectivity index (χ1) is 19.4. The minimum atomic E-state index is -0.901. The van der Waals surface area contributed by atoms with Gasteiger partial charge in [-0.25, -0.2) is 24.7 Å². The molecule has 0 bridgehead atoms. The summed E-state index contributed by atoms with van der Waals surface area (Å²) in [6.07, 6.45) is 10.1. The molecule has 9 nitrogen and oxygen atoms in total. The normalized spacial score (nSPS) is 10.9. The summed E-state index contributed by atoms with van der Waals surface area (Å²) in [6.45, 7) is 6.65. The summed E-state index contributed by atoms with van der Waals surface area (Å²) < 4.78 is 4.13. The summed E-state index contributed by atoms with van der Waals surface area (Å²) in [7, 11) is 0. The van der Waals surface area contributed by atoms with Crippen molar-refractivity contribution in [3.63, 3.8) is 0 Å². The number of aromatic nitrogens is 6. The van der Waals surface area contributed by atoms with Crippen LogP contribution in [0.5, 0.6) is 0 Å². The molecule has 0 atom stereocenters. The molecule has 4 heterocycles. The number of hydrogen-bond acceptors (Lipinski definition) is 6. The van der Waals surface area contributed by atoms with E-state index in [-0.39, 0.29) is 5.78 Å². The third kappa shape index (κ3) is 5.09. The van der Waals surface area contributed by atoms with Gasteiger partial charge in [0.1, 0.15) is 12.7 Å². The molecule has 200 valence electrons. The van der Waals surface area contributed by atoms with Gasteiger partial charge in [-0.2, -0.15) is 0 Å². The van der Waals surface area contributed by atoms with Crippen LogP contribution < -0.4 is 0 Å². The van der Waals surface area contributed by atoms with Crippen molar-refractivity contribution in [3.05, 3.63) is 120 Å². The molecule has 0 fully saturated rings. The van der Waals surface area contributed by atoms with Gasteiger partial charge in [-0.1, -0.05) is 36.4 Å². The van der Waals surface area contributed by atoms with Crippen molar-refractivity contribution in [2.75, 3.05) is 0 Å². The van der Waals surface area contributed by atoms with Crippen LogP contribution in [0.4, 0.5) is 0 Å². The van der Waals surface area contributed by atoms with Crippen molar-refractivity contribution < 1.29 is 14.7 Å². The Bertz CT molecular complexity index is 1690. The van der Waals surface area contributed by atoms with Gasteiger partial charge in [0.15, 0.2) is 5.78 Å². The van der Waals surface area contributed by atoms with Crippen LogP contribution in [-0.2, 0) is 13.1 Å². The van der Waals surface area contributed by atoms with Gasteiger partial charge in [-0.15, -0.1) is 0 Å². The number of nitrogens with zero attached hydrogens (tertiary/aromatic N) is 6. The van der Waals surface area contributed by atoms with Crippen molar-refractivity contribution in [3.8, 4) is 0 Å². The SMILES string of the molecule is CC(=O)c1c(C)n(Cc2cncnc2)c2ccccc12.Cc1c(C(=O)O)c2ccccc2n1Cc1cncnc1. The molecule has 0 aliphatic rings. The number of ketones is 1. The first-order valence-corrected chi connectivity index (χ1v) is 12.7. The van der Waals surface area contributed by atoms with Gasteiger partial charge in [0.25, 0.3) is 0 Å². The zero-order valence-electron chi connectivity index (χ0n) is 22.4. The molecule has 6 rings (SSSR count). The number of rotatable bonds is 6. The molecule has 0 aliphatic heterocycles. The topological polar surface area (TPSA) is 116 Å². The van der Waals surface area contributed by atoms with E-state index >= 15 is 0 Å². The van der Waals surface area contributed by atoms with E-state index in [1.807, 2.05) is 66.9 Å². The Balaban J connectivity index is 0.000000161. The number of Topliss-reactive ketones (excluding diaryl/α,β-unsaturated/α-hetero) is 1.